The van der Waals surface area contributed by atoms with Crippen molar-refractivity contribution in [1.82, 2.24) is 19.6 Å². The molecule has 2 aliphatic heterocycles. The Hall–Kier alpha value is -2.23. The van der Waals surface area contributed by atoms with Gasteiger partial charge in [0.25, 0.3) is 0 Å². The first-order valence-corrected chi connectivity index (χ1v) is 12.5. The van der Waals surface area contributed by atoms with Crippen LogP contribution in [0.2, 0.25) is 9.36 Å². The molecule has 2 atom stereocenters. The van der Waals surface area contributed by atoms with E-state index in [1.165, 1.54) is 17.6 Å². The maximum Gasteiger partial charge on any atom is 0.228 e. The molecule has 0 saturated carbocycles. The zero-order chi connectivity index (χ0) is 23.1. The van der Waals surface area contributed by atoms with Crippen LogP contribution in [0.3, 0.4) is 0 Å². The molecule has 7 nitrogen and oxygen atoms in total. The van der Waals surface area contributed by atoms with Gasteiger partial charge in [0.15, 0.2) is 10.2 Å². The van der Waals surface area contributed by atoms with Crippen LogP contribution < -0.4 is 14.7 Å². The first kappa shape index (κ1) is 22.6. The molecule has 2 unspecified atom stereocenters. The van der Waals surface area contributed by atoms with E-state index < -0.39 is 5.82 Å². The second kappa shape index (κ2) is 9.19. The van der Waals surface area contributed by atoms with Crippen molar-refractivity contribution in [3.05, 3.63) is 39.4 Å². The standard InChI is InChI=1S/C22H24Cl2FN7S/c1-13-4-3-7-32(13)22-26-18(15-5-6-17(25)16(23)10-15)11-19(27-22)31-9-8-30(12-14(31)2)21-20(24)33-29-28-21/h5-6,10-11,13-14H,3-4,7-9,12H2,1-2H3. The van der Waals surface area contributed by atoms with Gasteiger partial charge in [-0.1, -0.05) is 27.7 Å². The number of hydrogen-bond acceptors (Lipinski definition) is 8. The molecule has 2 aromatic heterocycles. The van der Waals surface area contributed by atoms with Gasteiger partial charge < -0.3 is 14.7 Å². The normalized spacial score (nSPS) is 21.2. The molecule has 0 aliphatic carbocycles. The van der Waals surface area contributed by atoms with Gasteiger partial charge in [0, 0.05) is 61.4 Å². The lowest BCUT2D eigenvalue weighted by molar-refractivity contribution is 0.542. The van der Waals surface area contributed by atoms with Crippen molar-refractivity contribution in [2.45, 2.75) is 38.8 Å². The summed E-state index contributed by atoms with van der Waals surface area (Å²) in [7, 11) is 0. The topological polar surface area (TPSA) is 61.3 Å². The Bertz CT molecular complexity index is 1160. The summed E-state index contributed by atoms with van der Waals surface area (Å²) < 4.78 is 18.4. The van der Waals surface area contributed by atoms with Crippen molar-refractivity contribution in [3.63, 3.8) is 0 Å². The fourth-order valence-electron chi connectivity index (χ4n) is 4.58. The van der Waals surface area contributed by atoms with Crippen molar-refractivity contribution < 1.29 is 4.39 Å². The zero-order valence-corrected chi connectivity index (χ0v) is 20.7. The minimum atomic E-state index is -0.442. The molecule has 0 spiro atoms. The molecule has 2 saturated heterocycles. The largest absolute Gasteiger partial charge is 0.350 e. The Balaban J connectivity index is 1.49. The molecule has 4 heterocycles. The lowest BCUT2D eigenvalue weighted by Gasteiger charge is -2.41. The van der Waals surface area contributed by atoms with Crippen LogP contribution in [0.1, 0.15) is 26.7 Å². The summed E-state index contributed by atoms with van der Waals surface area (Å²) in [5, 5.41) is 4.27. The number of aromatic nitrogens is 4. The molecule has 0 amide bonds. The SMILES string of the molecule is CC1CN(c2nnsc2Cl)CCN1c1cc(-c2ccc(F)c(Cl)c2)nc(N2CCCC2C)n1. The van der Waals surface area contributed by atoms with Gasteiger partial charge >= 0.3 is 0 Å². The van der Waals surface area contributed by atoms with Crippen LogP contribution in [-0.2, 0) is 0 Å². The Morgan fingerprint density at radius 3 is 2.55 bits per heavy atom. The highest BCUT2D eigenvalue weighted by Crippen LogP contribution is 2.33. The molecule has 0 radical (unpaired) electrons. The number of piperazine rings is 1. The number of nitrogens with zero attached hydrogens (tertiary/aromatic N) is 7. The number of anilines is 3. The van der Waals surface area contributed by atoms with Crippen molar-refractivity contribution >= 4 is 52.3 Å². The van der Waals surface area contributed by atoms with E-state index in [1.807, 2.05) is 6.07 Å². The van der Waals surface area contributed by atoms with Gasteiger partial charge in [0.2, 0.25) is 5.95 Å². The molecule has 1 aromatic carbocycles. The van der Waals surface area contributed by atoms with Gasteiger partial charge in [-0.25, -0.2) is 9.37 Å². The van der Waals surface area contributed by atoms with E-state index in [2.05, 4.69) is 38.1 Å². The monoisotopic (exact) mass is 507 g/mol. The minimum Gasteiger partial charge on any atom is -0.350 e. The average Bonchev–Trinajstić information content (AvgIpc) is 3.43. The van der Waals surface area contributed by atoms with Crippen LogP contribution >= 0.6 is 34.7 Å². The molecule has 174 valence electrons. The number of hydrogen-bond donors (Lipinski definition) is 0. The molecule has 2 fully saturated rings. The molecule has 3 aromatic rings. The van der Waals surface area contributed by atoms with Gasteiger partial charge in [-0.05, 0) is 44.9 Å². The van der Waals surface area contributed by atoms with E-state index in [4.69, 9.17) is 33.2 Å². The van der Waals surface area contributed by atoms with Gasteiger partial charge in [0.05, 0.1) is 10.7 Å². The highest BCUT2D eigenvalue weighted by Gasteiger charge is 2.30. The number of rotatable bonds is 4. The summed E-state index contributed by atoms with van der Waals surface area (Å²) in [6, 6.07) is 7.22. The average molecular weight is 508 g/mol. The molecule has 0 N–H and O–H groups in total. The van der Waals surface area contributed by atoms with E-state index in [1.54, 1.807) is 12.1 Å². The highest BCUT2D eigenvalue weighted by molar-refractivity contribution is 7.11. The predicted octanol–water partition coefficient (Wildman–Crippen LogP) is 5.14. The van der Waals surface area contributed by atoms with Crippen LogP contribution in [0.5, 0.6) is 0 Å². The Morgan fingerprint density at radius 2 is 1.88 bits per heavy atom. The van der Waals surface area contributed by atoms with Crippen LogP contribution in [-0.4, -0.2) is 57.8 Å². The van der Waals surface area contributed by atoms with E-state index in [0.717, 1.165) is 61.9 Å². The smallest absolute Gasteiger partial charge is 0.228 e. The summed E-state index contributed by atoms with van der Waals surface area (Å²) in [6.45, 7) is 7.55. The van der Waals surface area contributed by atoms with E-state index >= 15 is 0 Å². The van der Waals surface area contributed by atoms with E-state index in [-0.39, 0.29) is 11.1 Å². The molecule has 33 heavy (non-hydrogen) atoms. The van der Waals surface area contributed by atoms with Gasteiger partial charge in [-0.15, -0.1) is 5.10 Å². The summed E-state index contributed by atoms with van der Waals surface area (Å²) in [5.74, 6) is 1.85. The van der Waals surface area contributed by atoms with E-state index in [0.29, 0.717) is 16.3 Å². The van der Waals surface area contributed by atoms with Crippen molar-refractivity contribution in [2.24, 2.45) is 0 Å². The third-order valence-electron chi connectivity index (χ3n) is 6.38. The van der Waals surface area contributed by atoms with Gasteiger partial charge in [0.1, 0.15) is 11.6 Å². The Labute approximate surface area is 206 Å². The molecular formula is C22H24Cl2FN7S. The maximum atomic E-state index is 13.8. The van der Waals surface area contributed by atoms with E-state index in [9.17, 15) is 4.39 Å². The molecule has 11 heteroatoms. The third kappa shape index (κ3) is 4.46. The maximum absolute atomic E-state index is 13.8. The second-order valence-corrected chi connectivity index (χ2v) is 10.3. The predicted molar refractivity (Wildman–Crippen MR) is 132 cm³/mol. The highest BCUT2D eigenvalue weighted by atomic mass is 35.5. The van der Waals surface area contributed by atoms with Crippen molar-refractivity contribution in [2.75, 3.05) is 40.9 Å². The fraction of sp³-hybridized carbons (Fsp3) is 0.455. The molecule has 0 bridgehead atoms. The zero-order valence-electron chi connectivity index (χ0n) is 18.4. The minimum absolute atomic E-state index is 0.0829. The van der Waals surface area contributed by atoms with Crippen LogP contribution in [0.25, 0.3) is 11.3 Å². The molecular weight excluding hydrogens is 484 g/mol. The van der Waals surface area contributed by atoms with Crippen molar-refractivity contribution in [1.29, 1.82) is 0 Å². The summed E-state index contributed by atoms with van der Waals surface area (Å²) in [5.41, 5.74) is 1.50. The summed E-state index contributed by atoms with van der Waals surface area (Å²) in [6.07, 6.45) is 2.23. The lowest BCUT2D eigenvalue weighted by atomic mass is 10.1. The Kier molecular flexibility index (Phi) is 6.28. The second-order valence-electron chi connectivity index (χ2n) is 8.58. The third-order valence-corrected chi connectivity index (χ3v) is 7.55. The number of halogens is 3. The van der Waals surface area contributed by atoms with Gasteiger partial charge in [-0.3, -0.25) is 0 Å². The summed E-state index contributed by atoms with van der Waals surface area (Å²) >= 11 is 13.5. The van der Waals surface area contributed by atoms with Gasteiger partial charge in [-0.2, -0.15) is 4.98 Å². The Morgan fingerprint density at radius 1 is 1.03 bits per heavy atom. The first-order valence-electron chi connectivity index (χ1n) is 11.0. The fourth-order valence-corrected chi connectivity index (χ4v) is 5.46. The van der Waals surface area contributed by atoms with Crippen LogP contribution in [0, 0.1) is 5.82 Å². The first-order chi connectivity index (χ1) is 15.9. The lowest BCUT2D eigenvalue weighted by Crippen LogP contribution is -2.52. The van der Waals surface area contributed by atoms with Crippen LogP contribution in [0.4, 0.5) is 22.0 Å². The molecule has 2 aliphatic rings. The summed E-state index contributed by atoms with van der Waals surface area (Å²) in [4.78, 5) is 16.5. The molecule has 5 rings (SSSR count). The van der Waals surface area contributed by atoms with Crippen LogP contribution in [0.15, 0.2) is 24.3 Å². The quantitative estimate of drug-likeness (QED) is 0.484. The number of benzene rings is 1. The van der Waals surface area contributed by atoms with Crippen molar-refractivity contribution in [3.8, 4) is 11.3 Å².